The molecular formula is C59H98O6. The van der Waals surface area contributed by atoms with E-state index in [1.807, 2.05) is 0 Å². The van der Waals surface area contributed by atoms with Crippen molar-refractivity contribution in [3.63, 3.8) is 0 Å². The van der Waals surface area contributed by atoms with E-state index in [0.29, 0.717) is 19.3 Å². The lowest BCUT2D eigenvalue weighted by atomic mass is 10.1. The first-order chi connectivity index (χ1) is 32.0. The number of carbonyl (C=O) groups is 3. The largest absolute Gasteiger partial charge is 0.462 e. The van der Waals surface area contributed by atoms with Crippen LogP contribution < -0.4 is 0 Å². The molecule has 0 aromatic heterocycles. The molecular weight excluding hydrogens is 805 g/mol. The van der Waals surface area contributed by atoms with Crippen molar-refractivity contribution < 1.29 is 28.6 Å². The maximum atomic E-state index is 12.8. The molecule has 1 unspecified atom stereocenters. The Bertz CT molecular complexity index is 1310. The van der Waals surface area contributed by atoms with Gasteiger partial charge in [-0.05, 0) is 116 Å². The molecule has 6 heteroatoms. The summed E-state index contributed by atoms with van der Waals surface area (Å²) in [7, 11) is 0. The smallest absolute Gasteiger partial charge is 0.306 e. The molecule has 0 saturated heterocycles. The number of rotatable bonds is 47. The van der Waals surface area contributed by atoms with E-state index in [1.54, 1.807) is 0 Å². The van der Waals surface area contributed by atoms with Crippen molar-refractivity contribution in [3.8, 4) is 0 Å². The number of unbranched alkanes of at least 4 members (excludes halogenated alkanes) is 20. The van der Waals surface area contributed by atoms with Crippen LogP contribution in [-0.4, -0.2) is 37.2 Å². The zero-order valence-corrected chi connectivity index (χ0v) is 42.2. The lowest BCUT2D eigenvalue weighted by Gasteiger charge is -2.18. The summed E-state index contributed by atoms with van der Waals surface area (Å²) in [5, 5.41) is 0. The molecule has 0 aliphatic carbocycles. The lowest BCUT2D eigenvalue weighted by molar-refractivity contribution is -0.167. The van der Waals surface area contributed by atoms with Crippen molar-refractivity contribution in [1.82, 2.24) is 0 Å². The molecule has 6 nitrogen and oxygen atoms in total. The summed E-state index contributed by atoms with van der Waals surface area (Å²) in [6.45, 7) is 6.40. The first kappa shape index (κ1) is 61.3. The highest BCUT2D eigenvalue weighted by Crippen LogP contribution is 2.13. The number of allylic oxidation sites excluding steroid dienone is 16. The van der Waals surface area contributed by atoms with E-state index in [0.717, 1.165) is 141 Å². The standard InChI is InChI=1S/C59H98O6/c1-4-7-10-13-16-19-22-25-27-28-29-30-32-34-37-40-43-46-49-52-58(61)64-55-56(54-63-57(60)51-48-45-42-39-36-33-24-21-18-15-12-9-6-3)65-59(62)53-50-47-44-41-38-35-31-26-23-20-17-14-11-8-5-2/h7,10,12,15-16,19,21,24-27,29-31,34,37,56H,4-6,8-9,11,13-14,17-18,20,22-23,28,32-33,35-36,38-55H2,1-3H3/b10-7-,15-12-,19-16-,24-21-,27-25-,30-29-,31-26-,37-34-. The van der Waals surface area contributed by atoms with Crippen molar-refractivity contribution in [3.05, 3.63) is 97.2 Å². The quantitative estimate of drug-likeness (QED) is 0.0262. The van der Waals surface area contributed by atoms with Crippen LogP contribution in [0.1, 0.15) is 239 Å². The number of carbonyl (C=O) groups excluding carboxylic acids is 3. The van der Waals surface area contributed by atoms with Crippen molar-refractivity contribution in [2.75, 3.05) is 13.2 Å². The van der Waals surface area contributed by atoms with Crippen molar-refractivity contribution >= 4 is 17.9 Å². The molecule has 0 spiro atoms. The van der Waals surface area contributed by atoms with Crippen LogP contribution >= 0.6 is 0 Å². The maximum Gasteiger partial charge on any atom is 0.306 e. The van der Waals surface area contributed by atoms with E-state index < -0.39 is 6.10 Å². The molecule has 0 amide bonds. The van der Waals surface area contributed by atoms with Gasteiger partial charge in [0, 0.05) is 19.3 Å². The lowest BCUT2D eigenvalue weighted by Crippen LogP contribution is -2.30. The second kappa shape index (κ2) is 52.9. The van der Waals surface area contributed by atoms with E-state index in [-0.39, 0.29) is 31.1 Å². The van der Waals surface area contributed by atoms with E-state index in [1.165, 1.54) is 57.8 Å². The fraction of sp³-hybridized carbons (Fsp3) is 0.678. The summed E-state index contributed by atoms with van der Waals surface area (Å²) in [6, 6.07) is 0. The van der Waals surface area contributed by atoms with Gasteiger partial charge in [-0.3, -0.25) is 14.4 Å². The summed E-state index contributed by atoms with van der Waals surface area (Å²) in [5.41, 5.74) is 0. The molecule has 0 aliphatic heterocycles. The molecule has 0 bridgehead atoms. The summed E-state index contributed by atoms with van der Waals surface area (Å²) >= 11 is 0. The predicted octanol–water partition coefficient (Wildman–Crippen LogP) is 17.8. The zero-order valence-electron chi connectivity index (χ0n) is 42.2. The van der Waals surface area contributed by atoms with Crippen molar-refractivity contribution in [2.45, 2.75) is 245 Å². The minimum atomic E-state index is -0.802. The highest BCUT2D eigenvalue weighted by atomic mass is 16.6. The van der Waals surface area contributed by atoms with Gasteiger partial charge >= 0.3 is 17.9 Å². The fourth-order valence-electron chi connectivity index (χ4n) is 7.03. The number of hydrogen-bond acceptors (Lipinski definition) is 6. The van der Waals surface area contributed by atoms with Gasteiger partial charge in [-0.2, -0.15) is 0 Å². The van der Waals surface area contributed by atoms with E-state index in [4.69, 9.17) is 14.2 Å². The van der Waals surface area contributed by atoms with Crippen LogP contribution in [0.4, 0.5) is 0 Å². The maximum absolute atomic E-state index is 12.8. The normalized spacial score (nSPS) is 12.8. The fourth-order valence-corrected chi connectivity index (χ4v) is 7.03. The molecule has 370 valence electrons. The minimum absolute atomic E-state index is 0.0998. The van der Waals surface area contributed by atoms with Gasteiger partial charge < -0.3 is 14.2 Å². The topological polar surface area (TPSA) is 78.9 Å². The van der Waals surface area contributed by atoms with Gasteiger partial charge in [-0.1, -0.05) is 201 Å². The highest BCUT2D eigenvalue weighted by molar-refractivity contribution is 5.71. The Kier molecular flexibility index (Phi) is 50.0. The Labute approximate surface area is 400 Å². The van der Waals surface area contributed by atoms with Gasteiger partial charge in [0.25, 0.3) is 0 Å². The molecule has 0 radical (unpaired) electrons. The Morgan fingerprint density at radius 3 is 1.03 bits per heavy atom. The molecule has 65 heavy (non-hydrogen) atoms. The summed E-state index contributed by atoms with van der Waals surface area (Å²) in [6.07, 6.45) is 69.6. The van der Waals surface area contributed by atoms with E-state index in [9.17, 15) is 14.4 Å². The second-order valence-corrected chi connectivity index (χ2v) is 17.4. The third kappa shape index (κ3) is 51.2. The Morgan fingerprint density at radius 2 is 0.631 bits per heavy atom. The molecule has 0 aliphatic rings. The summed E-state index contributed by atoms with van der Waals surface area (Å²) < 4.78 is 16.8. The molecule has 0 aromatic carbocycles. The van der Waals surface area contributed by atoms with Crippen LogP contribution in [0.3, 0.4) is 0 Å². The van der Waals surface area contributed by atoms with Gasteiger partial charge in [0.15, 0.2) is 6.10 Å². The predicted molar refractivity (Wildman–Crippen MR) is 279 cm³/mol. The number of esters is 3. The average molecular weight is 903 g/mol. The number of ether oxygens (including phenoxy) is 3. The van der Waals surface area contributed by atoms with Gasteiger partial charge in [-0.25, -0.2) is 0 Å². The highest BCUT2D eigenvalue weighted by Gasteiger charge is 2.19. The third-order valence-corrected chi connectivity index (χ3v) is 11.0. The van der Waals surface area contributed by atoms with Crippen LogP contribution in [0.25, 0.3) is 0 Å². The number of hydrogen-bond donors (Lipinski definition) is 0. The van der Waals surface area contributed by atoms with E-state index in [2.05, 4.69) is 118 Å². The van der Waals surface area contributed by atoms with Crippen molar-refractivity contribution in [1.29, 1.82) is 0 Å². The first-order valence-electron chi connectivity index (χ1n) is 26.7. The van der Waals surface area contributed by atoms with Gasteiger partial charge in [0.2, 0.25) is 0 Å². The Morgan fingerprint density at radius 1 is 0.323 bits per heavy atom. The summed E-state index contributed by atoms with van der Waals surface area (Å²) in [5.74, 6) is -0.956. The molecule has 0 N–H and O–H groups in total. The van der Waals surface area contributed by atoms with Crippen LogP contribution in [0.15, 0.2) is 97.2 Å². The van der Waals surface area contributed by atoms with Crippen LogP contribution in [-0.2, 0) is 28.6 Å². The monoisotopic (exact) mass is 903 g/mol. The first-order valence-corrected chi connectivity index (χ1v) is 26.7. The average Bonchev–Trinajstić information content (AvgIpc) is 3.30. The van der Waals surface area contributed by atoms with Crippen molar-refractivity contribution in [2.24, 2.45) is 0 Å². The molecule has 0 fully saturated rings. The molecule has 0 rings (SSSR count). The molecule has 0 aromatic rings. The molecule has 0 saturated carbocycles. The van der Waals surface area contributed by atoms with Crippen LogP contribution in [0.5, 0.6) is 0 Å². The zero-order chi connectivity index (χ0) is 47.2. The Balaban J connectivity index is 4.48. The van der Waals surface area contributed by atoms with Gasteiger partial charge in [0.1, 0.15) is 13.2 Å². The minimum Gasteiger partial charge on any atom is -0.462 e. The third-order valence-electron chi connectivity index (χ3n) is 11.0. The molecule has 1 atom stereocenters. The van der Waals surface area contributed by atoms with E-state index >= 15 is 0 Å². The summed E-state index contributed by atoms with van der Waals surface area (Å²) in [4.78, 5) is 38.0. The van der Waals surface area contributed by atoms with Gasteiger partial charge in [-0.15, -0.1) is 0 Å². The van der Waals surface area contributed by atoms with Gasteiger partial charge in [0.05, 0.1) is 0 Å². The Hall–Kier alpha value is -3.67. The SMILES string of the molecule is CC/C=C\C/C=C\C/C=C\C/C=C\C/C=C\CCCCCC(=O)OCC(COC(=O)CCCCCCC/C=C\C/C=C\CCC)OC(=O)CCCCCCC/C=C\CCCCCCCC. The van der Waals surface area contributed by atoms with Crippen LogP contribution in [0.2, 0.25) is 0 Å². The van der Waals surface area contributed by atoms with Crippen LogP contribution in [0, 0.1) is 0 Å². The molecule has 0 heterocycles. The second-order valence-electron chi connectivity index (χ2n) is 17.4.